The monoisotopic (exact) mass is 241 g/mol. The average Bonchev–Trinajstić information content (AvgIpc) is 2.69. The van der Waals surface area contributed by atoms with Gasteiger partial charge in [-0.15, -0.1) is 11.3 Å². The van der Waals surface area contributed by atoms with E-state index in [2.05, 4.69) is 11.4 Å². The van der Waals surface area contributed by atoms with Gasteiger partial charge in [0.25, 0.3) is 6.43 Å². The molecule has 0 spiro atoms. The van der Waals surface area contributed by atoms with Gasteiger partial charge >= 0.3 is 0 Å². The third kappa shape index (κ3) is 2.57. The van der Waals surface area contributed by atoms with Crippen LogP contribution in [0.25, 0.3) is 10.1 Å². The first kappa shape index (κ1) is 11.5. The number of rotatable bonds is 4. The fourth-order valence-electron chi connectivity index (χ4n) is 1.58. The van der Waals surface area contributed by atoms with Crippen molar-refractivity contribution >= 4 is 21.4 Å². The number of benzene rings is 1. The molecule has 0 aliphatic rings. The summed E-state index contributed by atoms with van der Waals surface area (Å²) in [5.41, 5.74) is 0. The first-order valence-corrected chi connectivity index (χ1v) is 5.98. The van der Waals surface area contributed by atoms with E-state index in [0.29, 0.717) is 0 Å². The molecule has 0 saturated carbocycles. The Hall–Kier alpha value is -1.00. The molecule has 0 bridgehead atoms. The van der Waals surface area contributed by atoms with Gasteiger partial charge in [-0.3, -0.25) is 0 Å². The zero-order chi connectivity index (χ0) is 11.5. The van der Waals surface area contributed by atoms with Gasteiger partial charge in [0.1, 0.15) is 0 Å². The van der Waals surface area contributed by atoms with Gasteiger partial charge in [0.15, 0.2) is 0 Å². The Balaban J connectivity index is 2.13. The standard InChI is InChI=1S/C12H13F2NS/c1-8(15-7-12(13)14)11-6-9-4-2-3-5-10(9)16-11/h2-6,8,12,15H,7H2,1H3. The molecule has 0 aliphatic heterocycles. The zero-order valence-corrected chi connectivity index (χ0v) is 9.73. The Morgan fingerprint density at radius 1 is 1.31 bits per heavy atom. The first-order valence-electron chi connectivity index (χ1n) is 5.17. The van der Waals surface area contributed by atoms with E-state index >= 15 is 0 Å². The molecule has 16 heavy (non-hydrogen) atoms. The van der Waals surface area contributed by atoms with Gasteiger partial charge in [-0.1, -0.05) is 18.2 Å². The topological polar surface area (TPSA) is 12.0 Å². The van der Waals surface area contributed by atoms with Crippen molar-refractivity contribution in [2.24, 2.45) is 0 Å². The van der Waals surface area contributed by atoms with Gasteiger partial charge < -0.3 is 5.32 Å². The van der Waals surface area contributed by atoms with Gasteiger partial charge in [-0.2, -0.15) is 0 Å². The quantitative estimate of drug-likeness (QED) is 0.858. The summed E-state index contributed by atoms with van der Waals surface area (Å²) in [6.45, 7) is 1.66. The molecule has 2 rings (SSSR count). The second kappa shape index (κ2) is 4.89. The summed E-state index contributed by atoms with van der Waals surface area (Å²) in [7, 11) is 0. The third-order valence-electron chi connectivity index (χ3n) is 2.45. The van der Waals surface area contributed by atoms with E-state index in [1.165, 1.54) is 10.1 Å². The predicted octanol–water partition coefficient (Wildman–Crippen LogP) is 3.82. The molecule has 2 aromatic rings. The summed E-state index contributed by atoms with van der Waals surface area (Å²) in [6, 6.07) is 10.1. The number of hydrogen-bond acceptors (Lipinski definition) is 2. The lowest BCUT2D eigenvalue weighted by molar-refractivity contribution is 0.142. The highest BCUT2D eigenvalue weighted by molar-refractivity contribution is 7.19. The minimum Gasteiger partial charge on any atom is -0.304 e. The number of hydrogen-bond donors (Lipinski definition) is 1. The molecule has 1 aromatic carbocycles. The van der Waals surface area contributed by atoms with Crippen LogP contribution < -0.4 is 5.32 Å². The van der Waals surface area contributed by atoms with Crippen LogP contribution in [0.15, 0.2) is 30.3 Å². The summed E-state index contributed by atoms with van der Waals surface area (Å²) < 4.78 is 25.3. The van der Waals surface area contributed by atoms with Crippen LogP contribution in [0, 0.1) is 0 Å². The lowest BCUT2D eigenvalue weighted by Gasteiger charge is -2.10. The molecule has 1 N–H and O–H groups in total. The molecule has 1 aromatic heterocycles. The van der Waals surface area contributed by atoms with Crippen LogP contribution in [-0.4, -0.2) is 13.0 Å². The second-order valence-electron chi connectivity index (χ2n) is 3.71. The summed E-state index contributed by atoms with van der Waals surface area (Å²) in [5, 5.41) is 3.99. The normalized spacial score (nSPS) is 13.5. The molecule has 0 amide bonds. The van der Waals surface area contributed by atoms with Gasteiger partial charge in [0.05, 0.1) is 6.54 Å². The average molecular weight is 241 g/mol. The SMILES string of the molecule is CC(NCC(F)F)c1cc2ccccc2s1. The van der Waals surface area contributed by atoms with Gasteiger partial charge in [-0.05, 0) is 24.4 Å². The Labute approximate surface area is 97.1 Å². The highest BCUT2D eigenvalue weighted by atomic mass is 32.1. The van der Waals surface area contributed by atoms with E-state index in [9.17, 15) is 8.78 Å². The second-order valence-corrected chi connectivity index (χ2v) is 4.82. The predicted molar refractivity (Wildman–Crippen MR) is 64.2 cm³/mol. The summed E-state index contributed by atoms with van der Waals surface area (Å²) in [4.78, 5) is 1.10. The zero-order valence-electron chi connectivity index (χ0n) is 8.91. The van der Waals surface area contributed by atoms with Crippen LogP contribution in [0.4, 0.5) is 8.78 Å². The lowest BCUT2D eigenvalue weighted by Crippen LogP contribution is -2.23. The number of fused-ring (bicyclic) bond motifs is 1. The van der Waals surface area contributed by atoms with E-state index in [-0.39, 0.29) is 12.6 Å². The smallest absolute Gasteiger partial charge is 0.250 e. The molecule has 86 valence electrons. The highest BCUT2D eigenvalue weighted by Crippen LogP contribution is 2.29. The molecule has 0 radical (unpaired) electrons. The summed E-state index contributed by atoms with van der Waals surface area (Å²) in [5.74, 6) is 0. The van der Waals surface area contributed by atoms with Crippen molar-refractivity contribution in [2.75, 3.05) is 6.54 Å². The van der Waals surface area contributed by atoms with Crippen LogP contribution in [-0.2, 0) is 0 Å². The molecule has 0 fully saturated rings. The van der Waals surface area contributed by atoms with E-state index in [4.69, 9.17) is 0 Å². The molecule has 1 atom stereocenters. The van der Waals surface area contributed by atoms with Crippen molar-refractivity contribution in [2.45, 2.75) is 19.4 Å². The summed E-state index contributed by atoms with van der Waals surface area (Å²) >= 11 is 1.65. The van der Waals surface area contributed by atoms with Crippen molar-refractivity contribution in [1.29, 1.82) is 0 Å². The Bertz CT molecular complexity index is 434. The lowest BCUT2D eigenvalue weighted by atomic mass is 10.2. The van der Waals surface area contributed by atoms with Crippen molar-refractivity contribution < 1.29 is 8.78 Å². The van der Waals surface area contributed by atoms with E-state index < -0.39 is 6.43 Å². The number of alkyl halides is 2. The molecule has 0 saturated heterocycles. The van der Waals surface area contributed by atoms with Crippen molar-refractivity contribution in [1.82, 2.24) is 5.32 Å². The fourth-order valence-corrected chi connectivity index (χ4v) is 2.67. The van der Waals surface area contributed by atoms with Crippen LogP contribution in [0.1, 0.15) is 17.8 Å². The molecule has 4 heteroatoms. The maximum atomic E-state index is 12.1. The third-order valence-corrected chi connectivity index (χ3v) is 3.75. The maximum Gasteiger partial charge on any atom is 0.250 e. The van der Waals surface area contributed by atoms with E-state index in [0.717, 1.165) is 4.88 Å². The van der Waals surface area contributed by atoms with Crippen LogP contribution in [0.3, 0.4) is 0 Å². The molecule has 1 unspecified atom stereocenters. The van der Waals surface area contributed by atoms with Crippen LogP contribution in [0.5, 0.6) is 0 Å². The Morgan fingerprint density at radius 2 is 2.06 bits per heavy atom. The molecular weight excluding hydrogens is 228 g/mol. The fraction of sp³-hybridized carbons (Fsp3) is 0.333. The molecule has 1 nitrogen and oxygen atoms in total. The van der Waals surface area contributed by atoms with Crippen LogP contribution in [0.2, 0.25) is 0 Å². The Morgan fingerprint density at radius 3 is 2.75 bits per heavy atom. The highest BCUT2D eigenvalue weighted by Gasteiger charge is 2.11. The van der Waals surface area contributed by atoms with Gasteiger partial charge in [0, 0.05) is 15.6 Å². The molecule has 0 aliphatic carbocycles. The minimum absolute atomic E-state index is 0.0219. The maximum absolute atomic E-state index is 12.1. The first-order chi connectivity index (χ1) is 7.66. The Kier molecular flexibility index (Phi) is 3.51. The van der Waals surface area contributed by atoms with E-state index in [1.54, 1.807) is 11.3 Å². The van der Waals surface area contributed by atoms with E-state index in [1.807, 2.05) is 31.2 Å². The molecule has 1 heterocycles. The van der Waals surface area contributed by atoms with Gasteiger partial charge in [0.2, 0.25) is 0 Å². The number of nitrogens with one attached hydrogen (secondary N) is 1. The van der Waals surface area contributed by atoms with Gasteiger partial charge in [-0.25, -0.2) is 8.78 Å². The number of halogens is 2. The van der Waals surface area contributed by atoms with Crippen LogP contribution >= 0.6 is 11.3 Å². The van der Waals surface area contributed by atoms with Crippen molar-refractivity contribution in [3.8, 4) is 0 Å². The number of thiophene rings is 1. The summed E-state index contributed by atoms with van der Waals surface area (Å²) in [6.07, 6.45) is -2.29. The largest absolute Gasteiger partial charge is 0.304 e. The minimum atomic E-state index is -2.29. The van der Waals surface area contributed by atoms with Crippen molar-refractivity contribution in [3.63, 3.8) is 0 Å². The molecular formula is C12H13F2NS. The van der Waals surface area contributed by atoms with Crippen molar-refractivity contribution in [3.05, 3.63) is 35.2 Å².